The minimum absolute atomic E-state index is 0.0256. The maximum Gasteiger partial charge on any atom is 0.203 e. The summed E-state index contributed by atoms with van der Waals surface area (Å²) in [6.45, 7) is 0. The van der Waals surface area contributed by atoms with E-state index in [2.05, 4.69) is 30.3 Å². The fourth-order valence-electron chi connectivity index (χ4n) is 4.78. The minimum Gasteiger partial charge on any atom is -0.493 e. The highest BCUT2D eigenvalue weighted by atomic mass is 16.5. The Hall–Kier alpha value is -3.73. The van der Waals surface area contributed by atoms with Gasteiger partial charge in [0.1, 0.15) is 5.82 Å². The van der Waals surface area contributed by atoms with E-state index in [0.29, 0.717) is 23.1 Å². The van der Waals surface area contributed by atoms with E-state index in [1.54, 1.807) is 21.3 Å². The molecule has 31 heavy (non-hydrogen) atoms. The quantitative estimate of drug-likeness (QED) is 0.499. The normalized spacial score (nSPS) is 14.6. The molecular weight excluding hydrogens is 388 g/mol. The van der Waals surface area contributed by atoms with E-state index in [0.717, 1.165) is 39.6 Å². The zero-order valence-corrected chi connectivity index (χ0v) is 17.8. The second-order valence-corrected chi connectivity index (χ2v) is 7.64. The van der Waals surface area contributed by atoms with E-state index in [1.165, 1.54) is 5.56 Å². The number of nitrogens with zero attached hydrogens (tertiary/aromatic N) is 1. The number of anilines is 1. The molecule has 0 radical (unpaired) electrons. The number of methoxy groups -OCH3 is 3. The summed E-state index contributed by atoms with van der Waals surface area (Å²) in [5.41, 5.74) is 11.9. The Morgan fingerprint density at radius 1 is 0.806 bits per heavy atom. The Morgan fingerprint density at radius 2 is 1.52 bits per heavy atom. The minimum atomic E-state index is 0.0256. The molecule has 1 aliphatic carbocycles. The average molecular weight is 412 g/mol. The first-order valence-electron chi connectivity index (χ1n) is 10.2. The molecule has 5 rings (SSSR count). The lowest BCUT2D eigenvalue weighted by atomic mass is 9.75. The lowest BCUT2D eigenvalue weighted by molar-refractivity contribution is 0.321. The standard InChI is InChI=1S/C26H24N2O3/c1-29-21-13-12-18(24(30-2)25(21)31-3)20-14-15-8-4-5-9-16(15)23-22(20)17-10-6-7-11-19(17)26(27)28-23/h4-13,20H,14H2,1-3H3,(H2,27,28)/t20-/m1/s1. The van der Waals surface area contributed by atoms with Crippen LogP contribution in [0.5, 0.6) is 17.2 Å². The lowest BCUT2D eigenvalue weighted by Gasteiger charge is -2.30. The molecule has 0 fully saturated rings. The summed E-state index contributed by atoms with van der Waals surface area (Å²) in [6, 6.07) is 20.6. The number of rotatable bonds is 4. The summed E-state index contributed by atoms with van der Waals surface area (Å²) >= 11 is 0. The Morgan fingerprint density at radius 3 is 2.26 bits per heavy atom. The third-order valence-electron chi connectivity index (χ3n) is 6.14. The molecule has 0 saturated heterocycles. The van der Waals surface area contributed by atoms with Crippen molar-refractivity contribution in [3.05, 3.63) is 77.4 Å². The predicted molar refractivity (Wildman–Crippen MR) is 123 cm³/mol. The van der Waals surface area contributed by atoms with Crippen LogP contribution in [0.1, 0.15) is 22.6 Å². The molecule has 3 aromatic carbocycles. The van der Waals surface area contributed by atoms with Crippen LogP contribution in [0.4, 0.5) is 5.82 Å². The van der Waals surface area contributed by atoms with Gasteiger partial charge in [0.2, 0.25) is 5.75 Å². The highest BCUT2D eigenvalue weighted by molar-refractivity contribution is 5.98. The number of aromatic nitrogens is 1. The Balaban J connectivity index is 1.86. The molecule has 0 unspecified atom stereocenters. The lowest BCUT2D eigenvalue weighted by Crippen LogP contribution is -2.16. The van der Waals surface area contributed by atoms with Gasteiger partial charge in [-0.2, -0.15) is 0 Å². The Labute approximate surface area is 181 Å². The maximum absolute atomic E-state index is 6.39. The van der Waals surface area contributed by atoms with E-state index >= 15 is 0 Å². The van der Waals surface area contributed by atoms with Crippen LogP contribution in [-0.2, 0) is 6.42 Å². The molecule has 1 aliphatic rings. The first-order chi connectivity index (χ1) is 15.2. The SMILES string of the molecule is COc1ccc([C@H]2Cc3ccccc3-c3nc(N)c4ccccc4c32)c(OC)c1OC. The van der Waals surface area contributed by atoms with Gasteiger partial charge < -0.3 is 19.9 Å². The topological polar surface area (TPSA) is 66.6 Å². The summed E-state index contributed by atoms with van der Waals surface area (Å²) in [5.74, 6) is 2.48. The third-order valence-corrected chi connectivity index (χ3v) is 6.14. The van der Waals surface area contributed by atoms with Gasteiger partial charge in [-0.1, -0.05) is 54.6 Å². The van der Waals surface area contributed by atoms with Gasteiger partial charge in [0, 0.05) is 22.4 Å². The zero-order valence-electron chi connectivity index (χ0n) is 17.8. The molecule has 1 aromatic heterocycles. The smallest absolute Gasteiger partial charge is 0.203 e. The molecule has 5 heteroatoms. The molecule has 156 valence electrons. The van der Waals surface area contributed by atoms with Crippen molar-refractivity contribution in [3.63, 3.8) is 0 Å². The van der Waals surface area contributed by atoms with Crippen LogP contribution in [0.3, 0.4) is 0 Å². The number of ether oxygens (including phenoxy) is 3. The predicted octanol–water partition coefficient (Wildman–Crippen LogP) is 5.20. The van der Waals surface area contributed by atoms with E-state index in [4.69, 9.17) is 24.9 Å². The molecule has 0 saturated carbocycles. The summed E-state index contributed by atoms with van der Waals surface area (Å²) < 4.78 is 17.0. The molecule has 4 aromatic rings. The van der Waals surface area contributed by atoms with Crippen molar-refractivity contribution in [1.82, 2.24) is 4.98 Å². The van der Waals surface area contributed by atoms with Crippen molar-refractivity contribution in [2.24, 2.45) is 0 Å². The fourth-order valence-corrected chi connectivity index (χ4v) is 4.78. The van der Waals surface area contributed by atoms with Crippen LogP contribution in [-0.4, -0.2) is 26.3 Å². The highest BCUT2D eigenvalue weighted by Crippen LogP contribution is 2.51. The molecule has 0 spiro atoms. The number of nitrogen functional groups attached to an aromatic ring is 1. The number of nitrogens with two attached hydrogens (primary N) is 1. The van der Waals surface area contributed by atoms with Crippen molar-refractivity contribution in [2.45, 2.75) is 12.3 Å². The van der Waals surface area contributed by atoms with Crippen LogP contribution in [0.15, 0.2) is 60.7 Å². The van der Waals surface area contributed by atoms with E-state index < -0.39 is 0 Å². The molecule has 5 nitrogen and oxygen atoms in total. The van der Waals surface area contributed by atoms with Gasteiger partial charge >= 0.3 is 0 Å². The first kappa shape index (κ1) is 19.2. The van der Waals surface area contributed by atoms with Crippen LogP contribution in [0.25, 0.3) is 22.0 Å². The largest absolute Gasteiger partial charge is 0.493 e. The van der Waals surface area contributed by atoms with E-state index in [9.17, 15) is 0 Å². The van der Waals surface area contributed by atoms with Crippen molar-refractivity contribution < 1.29 is 14.2 Å². The van der Waals surface area contributed by atoms with Crippen LogP contribution in [0, 0.1) is 0 Å². The molecule has 2 N–H and O–H groups in total. The maximum atomic E-state index is 6.39. The second-order valence-electron chi connectivity index (χ2n) is 7.64. The van der Waals surface area contributed by atoms with Crippen LogP contribution >= 0.6 is 0 Å². The number of hydrogen-bond donors (Lipinski definition) is 1. The van der Waals surface area contributed by atoms with Crippen molar-refractivity contribution >= 4 is 16.6 Å². The molecular formula is C26H24N2O3. The van der Waals surface area contributed by atoms with Gasteiger partial charge in [0.25, 0.3) is 0 Å². The Kier molecular flexibility index (Phi) is 4.66. The summed E-state index contributed by atoms with van der Waals surface area (Å²) in [4.78, 5) is 4.87. The monoisotopic (exact) mass is 412 g/mol. The molecule has 1 atom stereocenters. The van der Waals surface area contributed by atoms with Gasteiger partial charge in [0.05, 0.1) is 27.0 Å². The molecule has 1 heterocycles. The van der Waals surface area contributed by atoms with Crippen molar-refractivity contribution in [2.75, 3.05) is 27.1 Å². The van der Waals surface area contributed by atoms with Gasteiger partial charge in [0.15, 0.2) is 11.5 Å². The van der Waals surface area contributed by atoms with E-state index in [1.807, 2.05) is 30.3 Å². The number of pyridine rings is 1. The zero-order chi connectivity index (χ0) is 21.5. The van der Waals surface area contributed by atoms with Gasteiger partial charge in [-0.05, 0) is 29.0 Å². The van der Waals surface area contributed by atoms with E-state index in [-0.39, 0.29) is 5.92 Å². The summed E-state index contributed by atoms with van der Waals surface area (Å²) in [7, 11) is 4.92. The number of hydrogen-bond acceptors (Lipinski definition) is 5. The van der Waals surface area contributed by atoms with Crippen LogP contribution in [0.2, 0.25) is 0 Å². The van der Waals surface area contributed by atoms with Crippen LogP contribution < -0.4 is 19.9 Å². The highest BCUT2D eigenvalue weighted by Gasteiger charge is 2.32. The molecule has 0 bridgehead atoms. The van der Waals surface area contributed by atoms with Crippen molar-refractivity contribution in [1.29, 1.82) is 0 Å². The Bertz CT molecular complexity index is 1300. The fraction of sp³-hybridized carbons (Fsp3) is 0.192. The second kappa shape index (κ2) is 7.51. The molecule has 0 amide bonds. The number of fused-ring (bicyclic) bond motifs is 5. The van der Waals surface area contributed by atoms with Gasteiger partial charge in [-0.15, -0.1) is 0 Å². The van der Waals surface area contributed by atoms with Gasteiger partial charge in [-0.3, -0.25) is 0 Å². The van der Waals surface area contributed by atoms with Crippen molar-refractivity contribution in [3.8, 4) is 28.5 Å². The summed E-state index contributed by atoms with van der Waals surface area (Å²) in [6.07, 6.45) is 0.824. The summed E-state index contributed by atoms with van der Waals surface area (Å²) in [5, 5.41) is 2.08. The number of benzene rings is 3. The molecule has 0 aliphatic heterocycles. The first-order valence-corrected chi connectivity index (χ1v) is 10.2. The average Bonchev–Trinajstić information content (AvgIpc) is 2.82. The van der Waals surface area contributed by atoms with Gasteiger partial charge in [-0.25, -0.2) is 4.98 Å². The third kappa shape index (κ3) is 2.88.